The van der Waals surface area contributed by atoms with Gasteiger partial charge in [-0.3, -0.25) is 14.4 Å². The molecule has 2 N–H and O–H groups in total. The fourth-order valence-electron chi connectivity index (χ4n) is 4.82. The molecule has 2 amide bonds. The summed E-state index contributed by atoms with van der Waals surface area (Å²) < 4.78 is 94.3. The molecular formula is C30H27F7N2O4. The predicted molar refractivity (Wildman–Crippen MR) is 145 cm³/mol. The summed E-state index contributed by atoms with van der Waals surface area (Å²) in [6, 6.07) is 12.4. The zero-order chi connectivity index (χ0) is 32.5. The Kier molecular flexibility index (Phi) is 9.28. The molecule has 0 saturated heterocycles. The Labute approximate surface area is 242 Å². The van der Waals surface area contributed by atoms with E-state index in [4.69, 9.17) is 0 Å². The molecule has 0 aliphatic heterocycles. The zero-order valence-corrected chi connectivity index (χ0v) is 23.3. The molecule has 6 nitrogen and oxygen atoms in total. The van der Waals surface area contributed by atoms with E-state index in [1.54, 1.807) is 6.92 Å². The number of halogens is 7. The maximum Gasteiger partial charge on any atom is 0.435 e. The first-order valence-electron chi connectivity index (χ1n) is 12.8. The molecule has 1 unspecified atom stereocenters. The van der Waals surface area contributed by atoms with Crippen molar-refractivity contribution < 1.29 is 50.2 Å². The molecule has 0 fully saturated rings. The second-order valence-electron chi connectivity index (χ2n) is 9.93. The number of nitrogens with one attached hydrogen (secondary N) is 1. The second kappa shape index (κ2) is 12.1. The van der Waals surface area contributed by atoms with Gasteiger partial charge in [-0.25, -0.2) is 4.39 Å². The molecule has 0 spiro atoms. The highest BCUT2D eigenvalue weighted by atomic mass is 19.4. The standard InChI is InChI=1S/C30H27F7N2O4/c1-5-23(27(42)43)18-9-11-19(12-10-18)25(40)38-22-8-6-7-20(15-22)26(41)39(4)24-16(2)13-21(14-17(24)3)28(31,29(32,33)34)30(35,36)37/h6-15,23H,5H2,1-4H3,(H,38,40)(H,42,43). The molecule has 3 rings (SSSR count). The minimum atomic E-state index is -6.28. The molecule has 0 aromatic heterocycles. The average molecular weight is 613 g/mol. The first-order chi connectivity index (χ1) is 19.8. The lowest BCUT2D eigenvalue weighted by Crippen LogP contribution is -2.50. The number of aryl methyl sites for hydroxylation is 2. The van der Waals surface area contributed by atoms with E-state index in [1.807, 2.05) is 0 Å². The van der Waals surface area contributed by atoms with E-state index in [0.717, 1.165) is 18.7 Å². The van der Waals surface area contributed by atoms with E-state index < -0.39 is 47.3 Å². The van der Waals surface area contributed by atoms with Crippen molar-refractivity contribution in [1.82, 2.24) is 0 Å². The number of hydrogen-bond acceptors (Lipinski definition) is 3. The van der Waals surface area contributed by atoms with Gasteiger partial charge in [-0.1, -0.05) is 37.3 Å². The predicted octanol–water partition coefficient (Wildman–Crippen LogP) is 7.70. The topological polar surface area (TPSA) is 86.7 Å². The third-order valence-electron chi connectivity index (χ3n) is 6.96. The van der Waals surface area contributed by atoms with Crippen LogP contribution in [0.15, 0.2) is 60.7 Å². The summed E-state index contributed by atoms with van der Waals surface area (Å²) >= 11 is 0. The van der Waals surface area contributed by atoms with E-state index in [-0.39, 0.29) is 33.6 Å². The number of carbonyl (C=O) groups is 3. The number of carbonyl (C=O) groups excluding carboxylic acids is 2. The van der Waals surface area contributed by atoms with Crippen LogP contribution in [0.4, 0.5) is 42.1 Å². The summed E-state index contributed by atoms with van der Waals surface area (Å²) in [6.45, 7) is 4.03. The van der Waals surface area contributed by atoms with Gasteiger partial charge in [0, 0.05) is 35.1 Å². The highest BCUT2D eigenvalue weighted by molar-refractivity contribution is 6.08. The lowest BCUT2D eigenvalue weighted by Gasteiger charge is -2.32. The van der Waals surface area contributed by atoms with Gasteiger partial charge in [0.1, 0.15) is 0 Å². The Morgan fingerprint density at radius 2 is 1.37 bits per heavy atom. The maximum atomic E-state index is 14.6. The minimum Gasteiger partial charge on any atom is -0.481 e. The number of nitrogens with zero attached hydrogens (tertiary/aromatic N) is 1. The van der Waals surface area contributed by atoms with Crippen molar-refractivity contribution >= 4 is 29.2 Å². The van der Waals surface area contributed by atoms with E-state index in [1.165, 1.54) is 55.6 Å². The van der Waals surface area contributed by atoms with Crippen molar-refractivity contribution in [1.29, 1.82) is 0 Å². The summed E-state index contributed by atoms with van der Waals surface area (Å²) in [6.07, 6.45) is -12.2. The number of carboxylic acids is 1. The number of hydrogen-bond donors (Lipinski definition) is 2. The average Bonchev–Trinajstić information content (AvgIpc) is 2.91. The van der Waals surface area contributed by atoms with Gasteiger partial charge in [-0.15, -0.1) is 0 Å². The zero-order valence-electron chi connectivity index (χ0n) is 23.3. The van der Waals surface area contributed by atoms with Crippen LogP contribution in [0.25, 0.3) is 0 Å². The van der Waals surface area contributed by atoms with Crippen molar-refractivity contribution in [2.45, 2.75) is 51.1 Å². The third-order valence-corrected chi connectivity index (χ3v) is 6.96. The lowest BCUT2D eigenvalue weighted by molar-refractivity contribution is -0.348. The largest absolute Gasteiger partial charge is 0.481 e. The molecule has 1 atom stereocenters. The van der Waals surface area contributed by atoms with Crippen LogP contribution in [0, 0.1) is 13.8 Å². The van der Waals surface area contributed by atoms with Crippen molar-refractivity contribution in [2.75, 3.05) is 17.3 Å². The van der Waals surface area contributed by atoms with Gasteiger partial charge in [0.25, 0.3) is 11.8 Å². The van der Waals surface area contributed by atoms with Gasteiger partial charge >= 0.3 is 24.0 Å². The van der Waals surface area contributed by atoms with E-state index >= 15 is 0 Å². The van der Waals surface area contributed by atoms with Gasteiger partial charge in [-0.2, -0.15) is 26.3 Å². The first-order valence-corrected chi connectivity index (χ1v) is 12.8. The molecular weight excluding hydrogens is 585 g/mol. The smallest absolute Gasteiger partial charge is 0.435 e. The maximum absolute atomic E-state index is 14.6. The van der Waals surface area contributed by atoms with Crippen LogP contribution in [-0.2, 0) is 10.5 Å². The number of rotatable bonds is 8. The van der Waals surface area contributed by atoms with Gasteiger partial charge < -0.3 is 15.3 Å². The molecule has 3 aromatic rings. The SMILES string of the molecule is CCC(C(=O)O)c1ccc(C(=O)Nc2cccc(C(=O)N(C)c3c(C)cc(C(F)(C(F)(F)F)C(F)(F)F)cc3C)c2)cc1. The Hall–Kier alpha value is -4.42. The van der Waals surface area contributed by atoms with Gasteiger partial charge in [0.15, 0.2) is 0 Å². The number of anilines is 2. The third kappa shape index (κ3) is 6.50. The van der Waals surface area contributed by atoms with E-state index in [0.29, 0.717) is 24.1 Å². The molecule has 0 aliphatic rings. The minimum absolute atomic E-state index is 0.0243. The van der Waals surface area contributed by atoms with Gasteiger partial charge in [0.2, 0.25) is 0 Å². The number of aliphatic carboxylic acids is 1. The summed E-state index contributed by atoms with van der Waals surface area (Å²) in [5.41, 5.74) is -6.74. The van der Waals surface area contributed by atoms with Crippen LogP contribution >= 0.6 is 0 Å². The normalized spacial score (nSPS) is 12.9. The monoisotopic (exact) mass is 612 g/mol. The Balaban J connectivity index is 1.86. The van der Waals surface area contributed by atoms with Gasteiger partial charge in [0.05, 0.1) is 5.92 Å². The second-order valence-corrected chi connectivity index (χ2v) is 9.93. The molecule has 43 heavy (non-hydrogen) atoms. The molecule has 0 heterocycles. The van der Waals surface area contributed by atoms with Crippen LogP contribution in [0.3, 0.4) is 0 Å². The Morgan fingerprint density at radius 1 is 0.837 bits per heavy atom. The van der Waals surface area contributed by atoms with Crippen molar-refractivity contribution in [3.63, 3.8) is 0 Å². The fraction of sp³-hybridized carbons (Fsp3) is 0.300. The summed E-state index contributed by atoms with van der Waals surface area (Å²) in [5, 5.41) is 11.9. The van der Waals surface area contributed by atoms with Crippen molar-refractivity contribution in [3.8, 4) is 0 Å². The highest BCUT2D eigenvalue weighted by Gasteiger charge is 2.73. The highest BCUT2D eigenvalue weighted by Crippen LogP contribution is 2.54. The van der Waals surface area contributed by atoms with Crippen LogP contribution in [0.1, 0.15) is 62.2 Å². The van der Waals surface area contributed by atoms with Crippen LogP contribution in [-0.4, -0.2) is 42.3 Å². The number of benzene rings is 3. The van der Waals surface area contributed by atoms with Gasteiger partial charge in [-0.05, 0) is 67.3 Å². The first kappa shape index (κ1) is 33.1. The molecule has 0 saturated carbocycles. The molecule has 0 aliphatic carbocycles. The van der Waals surface area contributed by atoms with Crippen LogP contribution < -0.4 is 10.2 Å². The van der Waals surface area contributed by atoms with Crippen LogP contribution in [0.2, 0.25) is 0 Å². The Bertz CT molecular complexity index is 1500. The molecule has 3 aromatic carbocycles. The van der Waals surface area contributed by atoms with Crippen LogP contribution in [0.5, 0.6) is 0 Å². The molecule has 0 radical (unpaired) electrons. The number of amides is 2. The summed E-state index contributed by atoms with van der Waals surface area (Å²) in [7, 11) is 1.25. The quantitative estimate of drug-likeness (QED) is 0.255. The van der Waals surface area contributed by atoms with E-state index in [2.05, 4.69) is 5.32 Å². The summed E-state index contributed by atoms with van der Waals surface area (Å²) in [5.74, 6) is -2.99. The number of alkyl halides is 7. The van der Waals surface area contributed by atoms with Crippen molar-refractivity contribution in [3.05, 3.63) is 94.0 Å². The summed E-state index contributed by atoms with van der Waals surface area (Å²) in [4.78, 5) is 38.4. The fourth-order valence-corrected chi connectivity index (χ4v) is 4.82. The number of carboxylic acid groups (broad SMARTS) is 1. The van der Waals surface area contributed by atoms with E-state index in [9.17, 15) is 50.2 Å². The lowest BCUT2D eigenvalue weighted by atomic mass is 9.90. The molecule has 13 heteroatoms. The Morgan fingerprint density at radius 3 is 1.84 bits per heavy atom. The molecule has 230 valence electrons. The van der Waals surface area contributed by atoms with Crippen molar-refractivity contribution in [2.24, 2.45) is 0 Å². The molecule has 0 bridgehead atoms.